The molecule has 7 nitrogen and oxygen atoms in total. The van der Waals surface area contributed by atoms with Crippen LogP contribution in [-0.4, -0.2) is 38.0 Å². The third-order valence-electron chi connectivity index (χ3n) is 2.17. The lowest BCUT2D eigenvalue weighted by molar-refractivity contribution is -0.141. The van der Waals surface area contributed by atoms with Gasteiger partial charge in [-0.3, -0.25) is 9.59 Å². The Kier molecular flexibility index (Phi) is 32.4. The Morgan fingerprint density at radius 3 is 1.82 bits per heavy atom. The summed E-state index contributed by atoms with van der Waals surface area (Å²) in [5, 5.41) is 4.29. The molecule has 0 spiro atoms. The van der Waals surface area contributed by atoms with Crippen molar-refractivity contribution in [3.05, 3.63) is 10.4 Å². The van der Waals surface area contributed by atoms with Crippen LogP contribution in [0.4, 0.5) is 0 Å². The summed E-state index contributed by atoms with van der Waals surface area (Å²) in [6.45, 7) is 0.452. The van der Waals surface area contributed by atoms with Crippen molar-refractivity contribution in [1.82, 2.24) is 0 Å². The Balaban J connectivity index is -0.000000137. The Hall–Kier alpha value is -1.27. The van der Waals surface area contributed by atoms with Crippen molar-refractivity contribution in [3.8, 4) is 0 Å². The average molecular weight is 384 g/mol. The van der Waals surface area contributed by atoms with Gasteiger partial charge in [0.2, 0.25) is 0 Å². The van der Waals surface area contributed by atoms with Crippen LogP contribution >= 0.6 is 15.9 Å². The van der Waals surface area contributed by atoms with Gasteiger partial charge in [0.15, 0.2) is 0 Å². The third kappa shape index (κ3) is 27.1. The van der Waals surface area contributed by atoms with Crippen molar-refractivity contribution in [2.24, 2.45) is 5.11 Å². The monoisotopic (exact) mass is 383 g/mol. The molecule has 22 heavy (non-hydrogen) atoms. The second-order valence-electron chi connectivity index (χ2n) is 3.71. The van der Waals surface area contributed by atoms with Gasteiger partial charge in [0.25, 0.3) is 0 Å². The molecule has 132 valence electrons. The Morgan fingerprint density at radius 2 is 1.45 bits per heavy atom. The molecule has 0 aromatic heterocycles. The predicted octanol–water partition coefficient (Wildman–Crippen LogP) is 4.64. The van der Waals surface area contributed by atoms with E-state index in [0.29, 0.717) is 25.8 Å². The van der Waals surface area contributed by atoms with Crippen molar-refractivity contribution in [1.29, 1.82) is 0 Å². The number of azide groups is 1. The number of esters is 2. The van der Waals surface area contributed by atoms with Crippen LogP contribution < -0.4 is 0 Å². The van der Waals surface area contributed by atoms with Crippen molar-refractivity contribution < 1.29 is 19.1 Å². The number of rotatable bonds is 9. The number of nitrogens with zero attached hydrogens (tertiary/aromatic N) is 3. The summed E-state index contributed by atoms with van der Waals surface area (Å²) in [6, 6.07) is 0. The maximum atomic E-state index is 10.5. The van der Waals surface area contributed by atoms with Gasteiger partial charge in [0, 0.05) is 29.6 Å². The van der Waals surface area contributed by atoms with Crippen LogP contribution in [0, 0.1) is 0 Å². The summed E-state index contributed by atoms with van der Waals surface area (Å²) in [5.74, 6) is -0.332. The maximum Gasteiger partial charge on any atom is 0.305 e. The minimum absolute atomic E-state index is 0. The topological polar surface area (TPSA) is 101 Å². The molecule has 0 aromatic carbocycles. The fourth-order valence-electron chi connectivity index (χ4n) is 1.06. The number of methoxy groups -OCH3 is 2. The number of carbonyl (C=O) groups is 2. The first-order valence-corrected chi connectivity index (χ1v) is 7.45. The van der Waals surface area contributed by atoms with E-state index in [2.05, 4.69) is 35.4 Å². The van der Waals surface area contributed by atoms with Crippen LogP contribution in [0.3, 0.4) is 0 Å². The molecule has 8 heteroatoms. The molecular formula is C14H30BrN3O4. The van der Waals surface area contributed by atoms with E-state index in [1.165, 1.54) is 14.2 Å². The zero-order valence-electron chi connectivity index (χ0n) is 12.0. The molecule has 0 bridgehead atoms. The van der Waals surface area contributed by atoms with Gasteiger partial charge >= 0.3 is 11.9 Å². The molecule has 0 unspecified atom stereocenters. The number of carbonyl (C=O) groups excluding carboxylic acids is 2. The summed E-state index contributed by atoms with van der Waals surface area (Å²) < 4.78 is 8.86. The van der Waals surface area contributed by atoms with Crippen LogP contribution in [0.2, 0.25) is 0 Å². The van der Waals surface area contributed by atoms with Gasteiger partial charge in [-0.15, -0.1) is 0 Å². The van der Waals surface area contributed by atoms with E-state index in [4.69, 9.17) is 5.53 Å². The van der Waals surface area contributed by atoms with Crippen LogP contribution in [0.25, 0.3) is 10.4 Å². The average Bonchev–Trinajstić information content (AvgIpc) is 2.47. The quantitative estimate of drug-likeness (QED) is 0.144. The Morgan fingerprint density at radius 1 is 1.00 bits per heavy atom. The second kappa shape index (κ2) is 24.7. The molecule has 0 aromatic rings. The predicted molar refractivity (Wildman–Crippen MR) is 93.0 cm³/mol. The van der Waals surface area contributed by atoms with E-state index < -0.39 is 0 Å². The molecule has 0 fully saturated rings. The molecule has 0 N–H and O–H groups in total. The molecule has 0 saturated heterocycles. The number of hydrogen-bond acceptors (Lipinski definition) is 5. The second-order valence-corrected chi connectivity index (χ2v) is 4.50. The molecule has 0 radical (unpaired) electrons. The molecule has 0 saturated carbocycles. The van der Waals surface area contributed by atoms with E-state index in [9.17, 15) is 9.59 Å². The van der Waals surface area contributed by atoms with Crippen LogP contribution in [0.1, 0.15) is 53.4 Å². The highest BCUT2D eigenvalue weighted by Gasteiger charge is 1.97. The van der Waals surface area contributed by atoms with Crippen molar-refractivity contribution in [3.63, 3.8) is 0 Å². The highest BCUT2D eigenvalue weighted by atomic mass is 79.9. The van der Waals surface area contributed by atoms with E-state index in [1.807, 2.05) is 0 Å². The van der Waals surface area contributed by atoms with Gasteiger partial charge in [0.1, 0.15) is 0 Å². The number of alkyl halides is 1. The zero-order chi connectivity index (χ0) is 15.6. The first-order chi connectivity index (χ1) is 9.62. The van der Waals surface area contributed by atoms with Crippen molar-refractivity contribution in [2.45, 2.75) is 53.4 Å². The molecular weight excluding hydrogens is 354 g/mol. The molecule has 0 rings (SSSR count). The highest BCUT2D eigenvalue weighted by molar-refractivity contribution is 9.09. The van der Waals surface area contributed by atoms with Gasteiger partial charge in [-0.1, -0.05) is 35.9 Å². The van der Waals surface area contributed by atoms with E-state index in [0.717, 1.165) is 24.6 Å². The summed E-state index contributed by atoms with van der Waals surface area (Å²) in [5.41, 5.74) is 7.89. The number of hydrogen-bond donors (Lipinski definition) is 0. The molecule has 0 atom stereocenters. The Labute approximate surface area is 142 Å². The lowest BCUT2D eigenvalue weighted by atomic mass is 10.2. The Bertz CT molecular complexity index is 308. The van der Waals surface area contributed by atoms with E-state index in [1.54, 1.807) is 0 Å². The summed E-state index contributed by atoms with van der Waals surface area (Å²) in [6.07, 6.45) is 4.34. The first-order valence-electron chi connectivity index (χ1n) is 6.32. The SMILES string of the molecule is C.C.COC(=O)CCCCBr.COC(=O)CCCCN=[N+]=[N-]. The van der Waals surface area contributed by atoms with Crippen molar-refractivity contribution >= 4 is 27.9 Å². The third-order valence-corrected chi connectivity index (χ3v) is 2.73. The summed E-state index contributed by atoms with van der Waals surface area (Å²) >= 11 is 3.27. The fraction of sp³-hybridized carbons (Fsp3) is 0.857. The zero-order valence-corrected chi connectivity index (χ0v) is 13.6. The van der Waals surface area contributed by atoms with Crippen LogP contribution in [0.15, 0.2) is 5.11 Å². The standard InChI is InChI=1S/C6H11BrO2.C6H11N3O2.2CH4/c1-9-6(8)4-2-3-5-7;1-11-6(10)4-2-3-5-8-9-7;;/h2-5H2,1H3;2-5H2,1H3;2*1H4. The number of ether oxygens (including phenoxy) is 2. The molecule has 0 amide bonds. The van der Waals surface area contributed by atoms with Gasteiger partial charge in [-0.05, 0) is 31.2 Å². The highest BCUT2D eigenvalue weighted by Crippen LogP contribution is 1.99. The van der Waals surface area contributed by atoms with Crippen LogP contribution in [0.5, 0.6) is 0 Å². The molecule has 0 heterocycles. The molecule has 0 aliphatic rings. The number of halogens is 1. The van der Waals surface area contributed by atoms with E-state index in [-0.39, 0.29) is 26.8 Å². The molecule has 0 aliphatic carbocycles. The molecule has 0 aliphatic heterocycles. The summed E-state index contributed by atoms with van der Waals surface area (Å²) in [7, 11) is 2.77. The van der Waals surface area contributed by atoms with Gasteiger partial charge in [-0.25, -0.2) is 0 Å². The first kappa shape index (κ1) is 28.8. The van der Waals surface area contributed by atoms with Crippen molar-refractivity contribution in [2.75, 3.05) is 26.1 Å². The summed E-state index contributed by atoms with van der Waals surface area (Å²) in [4.78, 5) is 23.5. The fourth-order valence-corrected chi connectivity index (χ4v) is 1.46. The van der Waals surface area contributed by atoms with E-state index >= 15 is 0 Å². The lowest BCUT2D eigenvalue weighted by Crippen LogP contribution is -1.99. The largest absolute Gasteiger partial charge is 0.469 e. The lowest BCUT2D eigenvalue weighted by Gasteiger charge is -1.95. The smallest absolute Gasteiger partial charge is 0.305 e. The minimum atomic E-state index is -0.217. The normalized spacial score (nSPS) is 7.95. The van der Waals surface area contributed by atoms with Gasteiger partial charge in [-0.2, -0.15) is 0 Å². The number of unbranched alkanes of at least 4 members (excludes halogenated alkanes) is 2. The van der Waals surface area contributed by atoms with Crippen LogP contribution in [-0.2, 0) is 19.1 Å². The maximum absolute atomic E-state index is 10.5. The van der Waals surface area contributed by atoms with Gasteiger partial charge < -0.3 is 9.47 Å². The minimum Gasteiger partial charge on any atom is -0.469 e. The van der Waals surface area contributed by atoms with Gasteiger partial charge in [0.05, 0.1) is 14.2 Å².